The average Bonchev–Trinajstić information content (AvgIpc) is 3.21. The molecule has 0 aliphatic carbocycles. The van der Waals surface area contributed by atoms with Crippen LogP contribution in [-0.2, 0) is 13.1 Å². The van der Waals surface area contributed by atoms with Gasteiger partial charge in [-0.05, 0) is 35.1 Å². The third-order valence-corrected chi connectivity index (χ3v) is 11.2. The Morgan fingerprint density at radius 3 is 0.722 bits per heavy atom. The molecule has 0 saturated carbocycles. The topological polar surface area (TPSA) is 7.76 Å². The SMILES string of the molecule is CCCCCCCCCCCCCCCC[n+]1ccc(/C=C/c2ccc(/C=C/c3cc[n+](CCCCCCCCCCCCCCCC)cc3)cc2)cc1. The maximum Gasteiger partial charge on any atom is 0.169 e. The standard InChI is InChI=1S/C52H82N2/c1-3-5-7-9-11-13-15-17-19-21-23-25-27-29-43-53-45-39-51(40-46-53)37-35-49-31-33-50(34-32-49)36-38-52-41-47-54(48-42-52)44-30-28-26-24-22-20-18-16-14-12-10-8-6-4-2/h31-42,45-48H,3-30,43-44H2,1-2H3/q+2/b37-35+,38-36+. The molecule has 1 aromatic carbocycles. The van der Waals surface area contributed by atoms with Crippen LogP contribution in [0.15, 0.2) is 73.3 Å². The summed E-state index contributed by atoms with van der Waals surface area (Å²) < 4.78 is 4.68. The van der Waals surface area contributed by atoms with E-state index in [4.69, 9.17) is 0 Å². The van der Waals surface area contributed by atoms with Gasteiger partial charge in [0.25, 0.3) is 0 Å². The van der Waals surface area contributed by atoms with E-state index in [0.717, 1.165) is 13.1 Å². The molecule has 3 rings (SSSR count). The van der Waals surface area contributed by atoms with Gasteiger partial charge in [-0.25, -0.2) is 9.13 Å². The zero-order chi connectivity index (χ0) is 38.0. The zero-order valence-electron chi connectivity index (χ0n) is 35.3. The van der Waals surface area contributed by atoms with Crippen LogP contribution in [0.5, 0.6) is 0 Å². The van der Waals surface area contributed by atoms with Gasteiger partial charge in [-0.3, -0.25) is 0 Å². The van der Waals surface area contributed by atoms with E-state index in [1.54, 1.807) is 0 Å². The number of nitrogens with zero attached hydrogens (tertiary/aromatic N) is 2. The lowest BCUT2D eigenvalue weighted by Crippen LogP contribution is -2.32. The van der Waals surface area contributed by atoms with Gasteiger partial charge in [-0.15, -0.1) is 0 Å². The summed E-state index contributed by atoms with van der Waals surface area (Å²) in [4.78, 5) is 0. The maximum absolute atomic E-state index is 2.34. The van der Waals surface area contributed by atoms with Crippen molar-refractivity contribution >= 4 is 24.3 Å². The van der Waals surface area contributed by atoms with Crippen molar-refractivity contribution < 1.29 is 9.13 Å². The first kappa shape index (κ1) is 45.4. The zero-order valence-corrected chi connectivity index (χ0v) is 35.3. The summed E-state index contributed by atoms with van der Waals surface area (Å²) >= 11 is 0. The summed E-state index contributed by atoms with van der Waals surface area (Å²) in [6.07, 6.45) is 57.4. The van der Waals surface area contributed by atoms with Gasteiger partial charge >= 0.3 is 0 Å². The fraction of sp³-hybridized carbons (Fsp3) is 0.615. The quantitative estimate of drug-likeness (QED) is 0.0426. The van der Waals surface area contributed by atoms with Gasteiger partial charge in [0.2, 0.25) is 0 Å². The van der Waals surface area contributed by atoms with Crippen LogP contribution in [0.2, 0.25) is 0 Å². The van der Waals surface area contributed by atoms with E-state index in [-0.39, 0.29) is 0 Å². The highest BCUT2D eigenvalue weighted by Gasteiger charge is 2.02. The van der Waals surface area contributed by atoms with Crippen LogP contribution in [-0.4, -0.2) is 0 Å². The summed E-state index contributed by atoms with van der Waals surface area (Å²) in [6, 6.07) is 17.8. The Hall–Kier alpha value is -3.00. The molecule has 54 heavy (non-hydrogen) atoms. The van der Waals surface area contributed by atoms with E-state index in [0.29, 0.717) is 0 Å². The number of aryl methyl sites for hydroxylation is 2. The van der Waals surface area contributed by atoms with E-state index < -0.39 is 0 Å². The molecule has 2 heteroatoms. The molecule has 2 aromatic heterocycles. The molecule has 0 atom stereocenters. The monoisotopic (exact) mass is 735 g/mol. The van der Waals surface area contributed by atoms with E-state index in [1.165, 1.54) is 202 Å². The minimum absolute atomic E-state index is 1.12. The van der Waals surface area contributed by atoms with Crippen LogP contribution < -0.4 is 9.13 Å². The molecule has 2 nitrogen and oxygen atoms in total. The Balaban J connectivity index is 1.20. The lowest BCUT2D eigenvalue weighted by Gasteiger charge is -2.03. The molecular formula is C52H82N2+2. The van der Waals surface area contributed by atoms with Crippen molar-refractivity contribution in [1.29, 1.82) is 0 Å². The van der Waals surface area contributed by atoms with Crippen molar-refractivity contribution in [1.82, 2.24) is 0 Å². The van der Waals surface area contributed by atoms with Crippen molar-refractivity contribution in [3.05, 3.63) is 95.6 Å². The van der Waals surface area contributed by atoms with Crippen molar-refractivity contribution in [3.8, 4) is 0 Å². The van der Waals surface area contributed by atoms with Crippen LogP contribution in [0.25, 0.3) is 24.3 Å². The summed E-state index contributed by atoms with van der Waals surface area (Å²) in [5.41, 5.74) is 4.97. The molecule has 0 amide bonds. The molecule has 2 heterocycles. The lowest BCUT2D eigenvalue weighted by molar-refractivity contribution is -0.697. The van der Waals surface area contributed by atoms with Gasteiger partial charge in [0.15, 0.2) is 24.8 Å². The molecule has 0 aliphatic rings. The van der Waals surface area contributed by atoms with Gasteiger partial charge in [0.1, 0.15) is 13.1 Å². The number of hydrogen-bond acceptors (Lipinski definition) is 0. The fourth-order valence-corrected chi connectivity index (χ4v) is 7.54. The Morgan fingerprint density at radius 2 is 0.481 bits per heavy atom. The number of benzene rings is 1. The highest BCUT2D eigenvalue weighted by molar-refractivity contribution is 5.72. The van der Waals surface area contributed by atoms with Gasteiger partial charge in [-0.1, -0.05) is 217 Å². The van der Waals surface area contributed by atoms with Gasteiger partial charge < -0.3 is 0 Å². The van der Waals surface area contributed by atoms with Gasteiger partial charge in [0.05, 0.1) is 0 Å². The predicted octanol–water partition coefficient (Wildman–Crippen LogP) is 15.6. The normalized spacial score (nSPS) is 11.7. The Labute approximate surface area is 334 Å². The van der Waals surface area contributed by atoms with E-state index in [2.05, 4.69) is 121 Å². The first-order chi connectivity index (χ1) is 26.8. The number of rotatable bonds is 34. The smallest absolute Gasteiger partial charge is 0.169 e. The molecule has 0 unspecified atom stereocenters. The molecule has 3 aromatic rings. The highest BCUT2D eigenvalue weighted by Crippen LogP contribution is 2.16. The minimum Gasteiger partial charge on any atom is -0.205 e. The first-order valence-electron chi connectivity index (χ1n) is 23.2. The minimum atomic E-state index is 1.12. The molecule has 0 saturated heterocycles. The van der Waals surface area contributed by atoms with Crippen LogP contribution >= 0.6 is 0 Å². The van der Waals surface area contributed by atoms with E-state index in [1.807, 2.05) is 0 Å². The molecule has 0 N–H and O–H groups in total. The molecule has 0 aliphatic heterocycles. The van der Waals surface area contributed by atoms with Crippen molar-refractivity contribution in [2.75, 3.05) is 0 Å². The predicted molar refractivity (Wildman–Crippen MR) is 238 cm³/mol. The summed E-state index contributed by atoms with van der Waals surface area (Å²) in [7, 11) is 0. The third kappa shape index (κ3) is 23.7. The Morgan fingerprint density at radius 1 is 0.278 bits per heavy atom. The fourth-order valence-electron chi connectivity index (χ4n) is 7.54. The van der Waals surface area contributed by atoms with Crippen LogP contribution in [0.3, 0.4) is 0 Å². The summed E-state index contributed by atoms with van der Waals surface area (Å²) in [5, 5.41) is 0. The number of aromatic nitrogens is 2. The molecule has 0 spiro atoms. The second-order valence-electron chi connectivity index (χ2n) is 16.3. The summed E-state index contributed by atoms with van der Waals surface area (Å²) in [5.74, 6) is 0. The molecule has 298 valence electrons. The molecular weight excluding hydrogens is 653 g/mol. The van der Waals surface area contributed by atoms with Crippen molar-refractivity contribution in [2.45, 2.75) is 207 Å². The number of pyridine rings is 2. The lowest BCUT2D eigenvalue weighted by atomic mass is 10.0. The Kier molecular flexibility index (Phi) is 27.1. The van der Waals surface area contributed by atoms with Crippen LogP contribution in [0, 0.1) is 0 Å². The first-order valence-corrected chi connectivity index (χ1v) is 23.2. The third-order valence-electron chi connectivity index (χ3n) is 11.2. The maximum atomic E-state index is 2.34. The van der Waals surface area contributed by atoms with Crippen LogP contribution in [0.1, 0.15) is 216 Å². The number of unbranched alkanes of at least 4 members (excludes halogenated alkanes) is 26. The van der Waals surface area contributed by atoms with E-state index in [9.17, 15) is 0 Å². The highest BCUT2D eigenvalue weighted by atomic mass is 14.9. The molecule has 0 bridgehead atoms. The summed E-state index contributed by atoms with van der Waals surface area (Å²) in [6.45, 7) is 6.85. The van der Waals surface area contributed by atoms with Crippen LogP contribution in [0.4, 0.5) is 0 Å². The van der Waals surface area contributed by atoms with E-state index >= 15 is 0 Å². The van der Waals surface area contributed by atoms with Gasteiger partial charge in [0, 0.05) is 37.1 Å². The second kappa shape index (κ2) is 32.3. The Bertz CT molecular complexity index is 1210. The second-order valence-corrected chi connectivity index (χ2v) is 16.3. The number of hydrogen-bond donors (Lipinski definition) is 0. The van der Waals surface area contributed by atoms with Crippen molar-refractivity contribution in [2.24, 2.45) is 0 Å². The van der Waals surface area contributed by atoms with Crippen molar-refractivity contribution in [3.63, 3.8) is 0 Å². The molecule has 0 radical (unpaired) electrons. The average molecular weight is 735 g/mol. The van der Waals surface area contributed by atoms with Gasteiger partial charge in [-0.2, -0.15) is 0 Å². The largest absolute Gasteiger partial charge is 0.205 e. The molecule has 0 fully saturated rings.